The molecule has 0 bridgehead atoms. The molecule has 4 aliphatic carbocycles. The summed E-state index contributed by atoms with van der Waals surface area (Å²) in [5.41, 5.74) is 3.08. The molecule has 4 aliphatic rings. The summed E-state index contributed by atoms with van der Waals surface area (Å²) < 4.78 is 6.39. The number of ether oxygens (including phenoxy) is 1. The average molecular weight is 615 g/mol. The second kappa shape index (κ2) is 11.4. The highest BCUT2D eigenvalue weighted by Crippen LogP contribution is 2.67. The lowest BCUT2D eigenvalue weighted by atomic mass is 9.47. The fourth-order valence-electron chi connectivity index (χ4n) is 11.9. The number of esters is 1. The predicted octanol–water partition coefficient (Wildman–Crippen LogP) is 12.2. The molecule has 46 heavy (non-hydrogen) atoms. The Labute approximate surface area is 276 Å². The van der Waals surface area contributed by atoms with Crippen molar-refractivity contribution in [1.82, 2.24) is 0 Å². The molecule has 3 fully saturated rings. The van der Waals surface area contributed by atoms with E-state index in [0.29, 0.717) is 11.0 Å². The average Bonchev–Trinajstić information content (AvgIpc) is 3.41. The number of allylic oxidation sites excluding steroid dienone is 1. The third-order valence-electron chi connectivity index (χ3n) is 14.3. The Bertz CT molecular complexity index is 1780. The Balaban J connectivity index is 0.985. The van der Waals surface area contributed by atoms with Gasteiger partial charge < -0.3 is 4.74 Å². The molecule has 0 unspecified atom stereocenters. The number of benzene rings is 4. The van der Waals surface area contributed by atoms with E-state index in [4.69, 9.17) is 4.74 Å². The largest absolute Gasteiger partial charge is 0.458 e. The molecule has 0 aliphatic heterocycles. The number of carbonyl (C=O) groups is 1. The Morgan fingerprint density at radius 2 is 1.57 bits per heavy atom. The van der Waals surface area contributed by atoms with Gasteiger partial charge in [-0.05, 0) is 130 Å². The third kappa shape index (κ3) is 4.75. The van der Waals surface area contributed by atoms with Crippen molar-refractivity contribution in [2.45, 2.75) is 111 Å². The van der Waals surface area contributed by atoms with Gasteiger partial charge in [0, 0.05) is 6.42 Å². The number of fused-ring (bicyclic) bond motifs is 5. The Morgan fingerprint density at radius 3 is 2.35 bits per heavy atom. The van der Waals surface area contributed by atoms with Crippen molar-refractivity contribution in [2.24, 2.45) is 46.3 Å². The summed E-state index contributed by atoms with van der Waals surface area (Å²) in [7, 11) is 0. The molecule has 0 saturated heterocycles. The maximum Gasteiger partial charge on any atom is 0.339 e. The molecule has 0 heterocycles. The van der Waals surface area contributed by atoms with Gasteiger partial charge in [0.05, 0.1) is 5.56 Å². The van der Waals surface area contributed by atoms with E-state index in [1.54, 1.807) is 5.57 Å². The number of carbonyl (C=O) groups excluding carboxylic acids is 1. The van der Waals surface area contributed by atoms with Crippen LogP contribution in [0, 0.1) is 46.3 Å². The summed E-state index contributed by atoms with van der Waals surface area (Å²) in [4.78, 5) is 13.8. The predicted molar refractivity (Wildman–Crippen MR) is 192 cm³/mol. The van der Waals surface area contributed by atoms with Crippen molar-refractivity contribution in [1.29, 1.82) is 0 Å². The lowest BCUT2D eigenvalue weighted by Gasteiger charge is -2.58. The molecular formula is C44H54O2. The first-order valence-electron chi connectivity index (χ1n) is 18.7. The Hall–Kier alpha value is -2.87. The molecule has 0 amide bonds. The SMILES string of the molecule is CC(C)CCC[C@H](C)[C@@H]1CC[C@@H]2[C@H]3CC=C4C[C@H](OC(=O)c5ccc6ccc7cccc8ccc5c6c78)CC[C@@]4(C)[C@@H]3CC[C@]21C. The van der Waals surface area contributed by atoms with Crippen molar-refractivity contribution in [3.63, 3.8) is 0 Å². The van der Waals surface area contributed by atoms with Gasteiger partial charge in [-0.15, -0.1) is 0 Å². The Morgan fingerprint density at radius 1 is 0.826 bits per heavy atom. The first-order chi connectivity index (χ1) is 22.2. The van der Waals surface area contributed by atoms with Gasteiger partial charge in [-0.25, -0.2) is 4.79 Å². The summed E-state index contributed by atoms with van der Waals surface area (Å²) in [6.07, 6.45) is 16.7. The monoisotopic (exact) mass is 614 g/mol. The van der Waals surface area contributed by atoms with Crippen LogP contribution in [0.2, 0.25) is 0 Å². The molecule has 4 aromatic carbocycles. The van der Waals surface area contributed by atoms with E-state index in [9.17, 15) is 4.79 Å². The molecule has 2 heteroatoms. The van der Waals surface area contributed by atoms with Crippen LogP contribution >= 0.6 is 0 Å². The van der Waals surface area contributed by atoms with E-state index < -0.39 is 0 Å². The van der Waals surface area contributed by atoms with Crippen LogP contribution in [0.4, 0.5) is 0 Å². The molecule has 8 atom stereocenters. The minimum absolute atomic E-state index is 0.0293. The van der Waals surface area contributed by atoms with E-state index in [0.717, 1.165) is 60.2 Å². The van der Waals surface area contributed by atoms with Crippen molar-refractivity contribution < 1.29 is 9.53 Å². The van der Waals surface area contributed by atoms with Gasteiger partial charge in [-0.3, -0.25) is 0 Å². The van der Waals surface area contributed by atoms with E-state index in [-0.39, 0.29) is 17.5 Å². The molecule has 2 nitrogen and oxygen atoms in total. The number of hydrogen-bond donors (Lipinski definition) is 0. The highest BCUT2D eigenvalue weighted by molar-refractivity contribution is 6.25. The van der Waals surface area contributed by atoms with Gasteiger partial charge in [0.25, 0.3) is 0 Å². The lowest BCUT2D eigenvalue weighted by Crippen LogP contribution is -2.51. The number of rotatable bonds is 7. The summed E-state index contributed by atoms with van der Waals surface area (Å²) in [6.45, 7) is 12.6. The van der Waals surface area contributed by atoms with E-state index in [1.807, 2.05) is 6.07 Å². The fraction of sp³-hybridized carbons (Fsp3) is 0.568. The molecule has 0 aromatic heterocycles. The summed E-state index contributed by atoms with van der Waals surface area (Å²) in [6, 6.07) is 19.2. The quantitative estimate of drug-likeness (QED) is 0.118. The van der Waals surface area contributed by atoms with Crippen LogP contribution in [-0.4, -0.2) is 12.1 Å². The van der Waals surface area contributed by atoms with Crippen LogP contribution in [0.15, 0.2) is 66.2 Å². The van der Waals surface area contributed by atoms with Crippen molar-refractivity contribution in [3.05, 3.63) is 71.8 Å². The van der Waals surface area contributed by atoms with Gasteiger partial charge in [-0.2, -0.15) is 0 Å². The molecular weight excluding hydrogens is 560 g/mol. The smallest absolute Gasteiger partial charge is 0.339 e. The first-order valence-corrected chi connectivity index (χ1v) is 18.7. The first kappa shape index (κ1) is 30.5. The van der Waals surface area contributed by atoms with Crippen molar-refractivity contribution in [3.8, 4) is 0 Å². The van der Waals surface area contributed by atoms with Gasteiger partial charge in [0.15, 0.2) is 0 Å². The van der Waals surface area contributed by atoms with Crippen LogP contribution in [0.25, 0.3) is 32.3 Å². The topological polar surface area (TPSA) is 26.3 Å². The summed E-state index contributed by atoms with van der Waals surface area (Å²) >= 11 is 0. The minimum atomic E-state index is -0.159. The molecule has 242 valence electrons. The van der Waals surface area contributed by atoms with Crippen LogP contribution in [0.1, 0.15) is 116 Å². The summed E-state index contributed by atoms with van der Waals surface area (Å²) in [5, 5.41) is 7.08. The second-order valence-electron chi connectivity index (χ2n) is 17.0. The van der Waals surface area contributed by atoms with E-state index >= 15 is 0 Å². The zero-order valence-electron chi connectivity index (χ0n) is 28.9. The van der Waals surface area contributed by atoms with Crippen LogP contribution < -0.4 is 0 Å². The highest BCUT2D eigenvalue weighted by atomic mass is 16.5. The zero-order valence-corrected chi connectivity index (χ0v) is 28.9. The second-order valence-corrected chi connectivity index (χ2v) is 17.0. The maximum absolute atomic E-state index is 13.8. The van der Waals surface area contributed by atoms with E-state index in [2.05, 4.69) is 89.2 Å². The lowest BCUT2D eigenvalue weighted by molar-refractivity contribution is -0.0594. The maximum atomic E-state index is 13.8. The normalized spacial score (nSPS) is 33.2. The van der Waals surface area contributed by atoms with Crippen LogP contribution in [0.5, 0.6) is 0 Å². The van der Waals surface area contributed by atoms with Gasteiger partial charge in [0.1, 0.15) is 6.10 Å². The van der Waals surface area contributed by atoms with Crippen molar-refractivity contribution in [2.75, 3.05) is 0 Å². The van der Waals surface area contributed by atoms with E-state index in [1.165, 1.54) is 78.3 Å². The fourth-order valence-corrected chi connectivity index (χ4v) is 11.9. The molecule has 0 N–H and O–H groups in total. The molecule has 0 spiro atoms. The van der Waals surface area contributed by atoms with Crippen LogP contribution in [0.3, 0.4) is 0 Å². The molecule has 8 rings (SSSR count). The highest BCUT2D eigenvalue weighted by Gasteiger charge is 2.59. The standard InChI is InChI=1S/C44H54O2/c1-27(2)8-6-9-28(3)37-20-21-38-36-19-16-32-26-33(22-24-43(32,4)39(36)23-25-44(37,38)5)46-42(45)35-18-15-31-13-12-29-10-7-11-30-14-17-34(35)41(31)40(29)30/h7,10-18,27-28,33,36-39H,6,8-9,19-26H2,1-5H3/t28-,33+,36+,37-,38+,39+,43+,44-/m0/s1. The van der Waals surface area contributed by atoms with Crippen molar-refractivity contribution >= 4 is 38.3 Å². The minimum Gasteiger partial charge on any atom is -0.458 e. The molecule has 3 saturated carbocycles. The number of hydrogen-bond acceptors (Lipinski definition) is 2. The van der Waals surface area contributed by atoms with Crippen LogP contribution in [-0.2, 0) is 4.74 Å². The van der Waals surface area contributed by atoms with Gasteiger partial charge in [-0.1, -0.05) is 114 Å². The summed E-state index contributed by atoms with van der Waals surface area (Å²) in [5.74, 6) is 4.92. The van der Waals surface area contributed by atoms with Gasteiger partial charge in [0.2, 0.25) is 0 Å². The molecule has 4 aromatic rings. The molecule has 0 radical (unpaired) electrons. The zero-order chi connectivity index (χ0) is 31.8. The van der Waals surface area contributed by atoms with Gasteiger partial charge >= 0.3 is 5.97 Å². The third-order valence-corrected chi connectivity index (χ3v) is 14.3. The Kier molecular flexibility index (Phi) is 7.54.